The Hall–Kier alpha value is -0.710. The van der Waals surface area contributed by atoms with E-state index in [0.29, 0.717) is 25.7 Å². The lowest BCUT2D eigenvalue weighted by molar-refractivity contribution is -0.265. The van der Waals surface area contributed by atoms with Crippen LogP contribution >= 0.6 is 0 Å². The van der Waals surface area contributed by atoms with Crippen molar-refractivity contribution in [2.75, 3.05) is 19.8 Å². The number of carbonyl (C=O) groups excluding carboxylic acids is 1. The molecule has 0 saturated carbocycles. The van der Waals surface area contributed by atoms with Crippen molar-refractivity contribution < 1.29 is 14.4 Å². The maximum absolute atomic E-state index is 11.0. The molecule has 1 aliphatic rings. The lowest BCUT2D eigenvalue weighted by Crippen LogP contribution is -2.50. The highest BCUT2D eigenvalue weighted by Gasteiger charge is 2.31. The minimum atomic E-state index is -0.409. The van der Waals surface area contributed by atoms with Gasteiger partial charge in [0.2, 0.25) is 0 Å². The summed E-state index contributed by atoms with van der Waals surface area (Å²) >= 11 is 0. The van der Waals surface area contributed by atoms with Crippen LogP contribution in [0.4, 0.5) is 0 Å². The summed E-state index contributed by atoms with van der Waals surface area (Å²) in [6.45, 7) is 12.0. The molecule has 1 fully saturated rings. The van der Waals surface area contributed by atoms with E-state index < -0.39 is 5.60 Å². The highest BCUT2D eigenvalue weighted by atomic mass is 16.7. The van der Waals surface area contributed by atoms with Crippen LogP contribution in [0.5, 0.6) is 0 Å². The average Bonchev–Trinajstić information content (AvgIpc) is 2.39. The monoisotopic (exact) mass is 269 g/mol. The van der Waals surface area contributed by atoms with E-state index in [1.54, 1.807) is 5.06 Å². The molecule has 1 aliphatic heterocycles. The molecule has 1 saturated heterocycles. The summed E-state index contributed by atoms with van der Waals surface area (Å²) in [5.74, 6) is 0.695. The van der Waals surface area contributed by atoms with Crippen LogP contribution in [0.15, 0.2) is 12.7 Å². The summed E-state index contributed by atoms with van der Waals surface area (Å²) in [5.41, 5.74) is -0.409. The van der Waals surface area contributed by atoms with Gasteiger partial charge in [-0.15, -0.1) is 6.58 Å². The standard InChI is InChI=1S/C15H27NO3/c1-5-15(4,8-6-7-13(2)3)19-16-9-10-18-12-14(16)11-17/h5,11,13-14H,1,6-10,12H2,2-4H3. The lowest BCUT2D eigenvalue weighted by atomic mass is 9.96. The number of aldehydes is 1. The molecule has 0 aromatic heterocycles. The zero-order valence-corrected chi connectivity index (χ0v) is 12.4. The first-order valence-electron chi connectivity index (χ1n) is 7.13. The van der Waals surface area contributed by atoms with Crippen LogP contribution in [0.2, 0.25) is 0 Å². The van der Waals surface area contributed by atoms with Crippen molar-refractivity contribution in [1.82, 2.24) is 5.06 Å². The quantitative estimate of drug-likeness (QED) is 0.501. The van der Waals surface area contributed by atoms with E-state index in [0.717, 1.165) is 19.1 Å². The normalized spacial score (nSPS) is 24.1. The van der Waals surface area contributed by atoms with Gasteiger partial charge in [-0.25, -0.2) is 0 Å². The number of morpholine rings is 1. The molecular formula is C15H27NO3. The number of rotatable bonds is 8. The Balaban J connectivity index is 2.52. The van der Waals surface area contributed by atoms with Gasteiger partial charge >= 0.3 is 0 Å². The van der Waals surface area contributed by atoms with Crippen LogP contribution in [0.3, 0.4) is 0 Å². The fraction of sp³-hybridized carbons (Fsp3) is 0.800. The van der Waals surface area contributed by atoms with Gasteiger partial charge in [-0.05, 0) is 25.7 Å². The molecule has 4 nitrogen and oxygen atoms in total. The summed E-state index contributed by atoms with van der Waals surface area (Å²) in [6, 6.07) is -0.307. The van der Waals surface area contributed by atoms with Crippen molar-refractivity contribution in [3.8, 4) is 0 Å². The van der Waals surface area contributed by atoms with Crippen LogP contribution in [0.25, 0.3) is 0 Å². The summed E-state index contributed by atoms with van der Waals surface area (Å²) < 4.78 is 5.29. The Morgan fingerprint density at radius 3 is 2.89 bits per heavy atom. The van der Waals surface area contributed by atoms with Crippen molar-refractivity contribution in [2.45, 2.75) is 51.7 Å². The van der Waals surface area contributed by atoms with Crippen molar-refractivity contribution in [3.63, 3.8) is 0 Å². The van der Waals surface area contributed by atoms with Gasteiger partial charge in [0, 0.05) is 6.54 Å². The summed E-state index contributed by atoms with van der Waals surface area (Å²) in [5, 5.41) is 1.74. The molecule has 2 unspecified atom stereocenters. The molecule has 0 spiro atoms. The maximum Gasteiger partial charge on any atom is 0.141 e. The molecule has 2 atom stereocenters. The van der Waals surface area contributed by atoms with Gasteiger partial charge in [-0.2, -0.15) is 5.06 Å². The van der Waals surface area contributed by atoms with Gasteiger partial charge in [0.05, 0.1) is 13.2 Å². The topological polar surface area (TPSA) is 38.8 Å². The molecule has 110 valence electrons. The van der Waals surface area contributed by atoms with Crippen LogP contribution < -0.4 is 0 Å². The molecular weight excluding hydrogens is 242 g/mol. The van der Waals surface area contributed by atoms with Gasteiger partial charge in [0.1, 0.15) is 17.9 Å². The number of hydrogen-bond acceptors (Lipinski definition) is 4. The van der Waals surface area contributed by atoms with E-state index >= 15 is 0 Å². The van der Waals surface area contributed by atoms with Crippen LogP contribution in [-0.2, 0) is 14.4 Å². The number of hydroxylamine groups is 2. The smallest absolute Gasteiger partial charge is 0.141 e. The Bertz CT molecular complexity index is 293. The molecule has 19 heavy (non-hydrogen) atoms. The molecule has 0 aliphatic carbocycles. The Morgan fingerprint density at radius 1 is 1.58 bits per heavy atom. The zero-order valence-electron chi connectivity index (χ0n) is 12.4. The predicted molar refractivity (Wildman–Crippen MR) is 75.8 cm³/mol. The average molecular weight is 269 g/mol. The molecule has 0 bridgehead atoms. The second kappa shape index (κ2) is 7.78. The molecule has 0 aromatic rings. The first-order valence-corrected chi connectivity index (χ1v) is 7.13. The minimum absolute atomic E-state index is 0.307. The van der Waals surface area contributed by atoms with E-state index in [4.69, 9.17) is 9.57 Å². The molecule has 0 amide bonds. The summed E-state index contributed by atoms with van der Waals surface area (Å²) in [4.78, 5) is 17.0. The largest absolute Gasteiger partial charge is 0.378 e. The van der Waals surface area contributed by atoms with E-state index in [1.807, 2.05) is 13.0 Å². The summed E-state index contributed by atoms with van der Waals surface area (Å²) in [6.07, 6.45) is 5.91. The zero-order chi connectivity index (χ0) is 14.3. The van der Waals surface area contributed by atoms with E-state index in [1.165, 1.54) is 6.42 Å². The highest BCUT2D eigenvalue weighted by Crippen LogP contribution is 2.24. The maximum atomic E-state index is 11.0. The van der Waals surface area contributed by atoms with Crippen LogP contribution in [-0.4, -0.2) is 42.8 Å². The SMILES string of the molecule is C=CC(C)(CCCC(C)C)ON1CCOCC1C=O. The second-order valence-corrected chi connectivity index (χ2v) is 5.81. The minimum Gasteiger partial charge on any atom is -0.378 e. The van der Waals surface area contributed by atoms with Crippen molar-refractivity contribution in [1.29, 1.82) is 0 Å². The van der Waals surface area contributed by atoms with Gasteiger partial charge < -0.3 is 9.53 Å². The lowest BCUT2D eigenvalue weighted by Gasteiger charge is -2.38. The third kappa shape index (κ3) is 5.43. The number of hydrogen-bond donors (Lipinski definition) is 0. The molecule has 1 rings (SSSR count). The van der Waals surface area contributed by atoms with Crippen LogP contribution in [0.1, 0.15) is 40.0 Å². The molecule has 0 N–H and O–H groups in total. The third-order valence-corrected chi connectivity index (χ3v) is 3.48. The van der Waals surface area contributed by atoms with Gasteiger partial charge in [0.25, 0.3) is 0 Å². The molecule has 0 radical (unpaired) electrons. The van der Waals surface area contributed by atoms with Crippen molar-refractivity contribution in [3.05, 3.63) is 12.7 Å². The van der Waals surface area contributed by atoms with E-state index in [-0.39, 0.29) is 6.04 Å². The van der Waals surface area contributed by atoms with Crippen molar-refractivity contribution in [2.24, 2.45) is 5.92 Å². The number of ether oxygens (including phenoxy) is 1. The van der Waals surface area contributed by atoms with Gasteiger partial charge in [-0.3, -0.25) is 4.84 Å². The number of carbonyl (C=O) groups is 1. The van der Waals surface area contributed by atoms with Gasteiger partial charge in [-0.1, -0.05) is 26.3 Å². The third-order valence-electron chi connectivity index (χ3n) is 3.48. The van der Waals surface area contributed by atoms with E-state index in [9.17, 15) is 4.79 Å². The van der Waals surface area contributed by atoms with Gasteiger partial charge in [0.15, 0.2) is 0 Å². The van der Waals surface area contributed by atoms with Crippen molar-refractivity contribution >= 4 is 6.29 Å². The molecule has 4 heteroatoms. The predicted octanol–water partition coefficient (Wildman–Crippen LogP) is 2.59. The fourth-order valence-corrected chi connectivity index (χ4v) is 2.14. The highest BCUT2D eigenvalue weighted by molar-refractivity contribution is 5.57. The fourth-order valence-electron chi connectivity index (χ4n) is 2.14. The first-order chi connectivity index (χ1) is 9.00. The molecule has 1 heterocycles. The molecule has 0 aromatic carbocycles. The Kier molecular flexibility index (Phi) is 6.69. The van der Waals surface area contributed by atoms with Crippen LogP contribution in [0, 0.1) is 5.92 Å². The Labute approximate surface area is 116 Å². The number of nitrogens with zero attached hydrogens (tertiary/aromatic N) is 1. The first kappa shape index (κ1) is 16.3. The second-order valence-electron chi connectivity index (χ2n) is 5.81. The Morgan fingerprint density at radius 2 is 2.32 bits per heavy atom. The van der Waals surface area contributed by atoms with E-state index in [2.05, 4.69) is 20.4 Å². The summed E-state index contributed by atoms with van der Waals surface area (Å²) in [7, 11) is 0.